The smallest absolute Gasteiger partial charge is 0.226 e. The highest BCUT2D eigenvalue weighted by Gasteiger charge is 2.12. The van der Waals surface area contributed by atoms with Crippen molar-refractivity contribution >= 4 is 5.91 Å². The summed E-state index contributed by atoms with van der Waals surface area (Å²) in [5.74, 6) is -0.324. The van der Waals surface area contributed by atoms with Gasteiger partial charge in [0.2, 0.25) is 5.91 Å². The minimum atomic E-state index is -0.276. The van der Waals surface area contributed by atoms with Crippen LogP contribution in [-0.4, -0.2) is 10.5 Å². The number of benzene rings is 2. The van der Waals surface area contributed by atoms with Crippen molar-refractivity contribution in [1.82, 2.24) is 9.88 Å². The normalized spacial score (nSPS) is 11.9. The maximum Gasteiger partial charge on any atom is 0.226 e. The predicted molar refractivity (Wildman–Crippen MR) is 92.4 cm³/mol. The van der Waals surface area contributed by atoms with Crippen LogP contribution in [0.3, 0.4) is 0 Å². The molecule has 3 aromatic rings. The Morgan fingerprint density at radius 1 is 1.04 bits per heavy atom. The highest BCUT2D eigenvalue weighted by molar-refractivity contribution is 5.78. The van der Waals surface area contributed by atoms with E-state index in [2.05, 4.69) is 5.32 Å². The first-order valence-corrected chi connectivity index (χ1v) is 7.90. The van der Waals surface area contributed by atoms with Crippen molar-refractivity contribution in [2.24, 2.45) is 0 Å². The lowest BCUT2D eigenvalue weighted by Crippen LogP contribution is -2.28. The van der Waals surface area contributed by atoms with Crippen LogP contribution in [0.25, 0.3) is 5.69 Å². The molecule has 24 heavy (non-hydrogen) atoms. The van der Waals surface area contributed by atoms with E-state index in [9.17, 15) is 9.18 Å². The lowest BCUT2D eigenvalue weighted by atomic mass is 10.1. The number of nitrogens with zero attached hydrogens (tertiary/aromatic N) is 1. The van der Waals surface area contributed by atoms with Gasteiger partial charge in [0.1, 0.15) is 5.82 Å². The molecule has 0 aliphatic heterocycles. The minimum absolute atomic E-state index is 0.0478. The Morgan fingerprint density at radius 2 is 1.75 bits per heavy atom. The molecular weight excluding hydrogens is 303 g/mol. The zero-order valence-corrected chi connectivity index (χ0v) is 13.4. The molecule has 2 aromatic carbocycles. The van der Waals surface area contributed by atoms with E-state index in [1.165, 1.54) is 12.1 Å². The third-order valence-corrected chi connectivity index (χ3v) is 3.96. The fraction of sp³-hybridized carbons (Fsp3) is 0.150. The third kappa shape index (κ3) is 3.71. The maximum atomic E-state index is 13.1. The lowest BCUT2D eigenvalue weighted by molar-refractivity contribution is -0.121. The van der Waals surface area contributed by atoms with Crippen molar-refractivity contribution in [3.63, 3.8) is 0 Å². The van der Waals surface area contributed by atoms with Gasteiger partial charge in [0.15, 0.2) is 0 Å². The molecule has 1 N–H and O–H groups in total. The second-order valence-corrected chi connectivity index (χ2v) is 5.72. The van der Waals surface area contributed by atoms with Crippen molar-refractivity contribution in [2.75, 3.05) is 0 Å². The summed E-state index contributed by atoms with van der Waals surface area (Å²) in [6.07, 6.45) is 2.14. The molecule has 1 aromatic heterocycles. The molecular formula is C20H19FN2O. The number of carbonyl (C=O) groups excluding carboxylic acids is 1. The topological polar surface area (TPSA) is 34.0 Å². The number of amides is 1. The van der Waals surface area contributed by atoms with E-state index in [-0.39, 0.29) is 24.2 Å². The fourth-order valence-electron chi connectivity index (χ4n) is 2.70. The number of rotatable bonds is 5. The Bertz CT molecular complexity index is 809. The summed E-state index contributed by atoms with van der Waals surface area (Å²) in [6, 6.07) is 19.8. The van der Waals surface area contributed by atoms with Gasteiger partial charge >= 0.3 is 0 Å². The zero-order chi connectivity index (χ0) is 16.9. The molecule has 1 amide bonds. The first kappa shape index (κ1) is 16.0. The maximum absolute atomic E-state index is 13.1. The standard InChI is InChI=1S/C20H19FN2O/c1-15(16-6-3-2-4-7-16)22-20(24)14-19-8-5-13-23(19)18-11-9-17(21)10-12-18/h2-13,15H,14H2,1H3,(H,22,24)/t15-/m0/s1. The summed E-state index contributed by atoms with van der Waals surface area (Å²) < 4.78 is 15.0. The molecule has 0 bridgehead atoms. The van der Waals surface area contributed by atoms with E-state index in [1.54, 1.807) is 12.1 Å². The Morgan fingerprint density at radius 3 is 2.46 bits per heavy atom. The van der Waals surface area contributed by atoms with Gasteiger partial charge in [-0.3, -0.25) is 4.79 Å². The predicted octanol–water partition coefficient (Wildman–Crippen LogP) is 4.04. The molecule has 3 rings (SSSR count). The first-order valence-electron chi connectivity index (χ1n) is 7.90. The van der Waals surface area contributed by atoms with Crippen LogP contribution in [0.4, 0.5) is 4.39 Å². The summed E-state index contributed by atoms with van der Waals surface area (Å²) >= 11 is 0. The van der Waals surface area contributed by atoms with Crippen molar-refractivity contribution in [2.45, 2.75) is 19.4 Å². The van der Waals surface area contributed by atoms with E-state index >= 15 is 0 Å². The van der Waals surface area contributed by atoms with Gasteiger partial charge in [-0.15, -0.1) is 0 Å². The highest BCUT2D eigenvalue weighted by atomic mass is 19.1. The van der Waals surface area contributed by atoms with Gasteiger partial charge < -0.3 is 9.88 Å². The van der Waals surface area contributed by atoms with Gasteiger partial charge in [0, 0.05) is 17.6 Å². The second kappa shape index (κ2) is 7.13. The Hall–Kier alpha value is -2.88. The Labute approximate surface area is 140 Å². The van der Waals surface area contributed by atoms with Gasteiger partial charge in [0.05, 0.1) is 12.5 Å². The minimum Gasteiger partial charge on any atom is -0.349 e. The molecule has 3 nitrogen and oxygen atoms in total. The molecule has 4 heteroatoms. The van der Waals surface area contributed by atoms with Gasteiger partial charge in [-0.05, 0) is 48.9 Å². The van der Waals surface area contributed by atoms with Crippen LogP contribution in [0.2, 0.25) is 0 Å². The second-order valence-electron chi connectivity index (χ2n) is 5.72. The van der Waals surface area contributed by atoms with Gasteiger partial charge in [-0.25, -0.2) is 4.39 Å². The quantitative estimate of drug-likeness (QED) is 0.756. The monoisotopic (exact) mass is 322 g/mol. The number of aromatic nitrogens is 1. The number of hydrogen-bond donors (Lipinski definition) is 1. The van der Waals surface area contributed by atoms with E-state index in [0.29, 0.717) is 0 Å². The molecule has 0 saturated carbocycles. The zero-order valence-electron chi connectivity index (χ0n) is 13.4. The summed E-state index contributed by atoms with van der Waals surface area (Å²) in [5, 5.41) is 3.01. The van der Waals surface area contributed by atoms with Crippen LogP contribution in [0, 0.1) is 5.82 Å². The van der Waals surface area contributed by atoms with Crippen LogP contribution >= 0.6 is 0 Å². The molecule has 1 atom stereocenters. The number of nitrogens with one attached hydrogen (secondary N) is 1. The number of carbonyl (C=O) groups is 1. The number of hydrogen-bond acceptors (Lipinski definition) is 1. The van der Waals surface area contributed by atoms with Crippen molar-refractivity contribution < 1.29 is 9.18 Å². The molecule has 1 heterocycles. The van der Waals surface area contributed by atoms with Gasteiger partial charge in [-0.2, -0.15) is 0 Å². The molecule has 0 spiro atoms. The van der Waals surface area contributed by atoms with E-state index in [0.717, 1.165) is 16.9 Å². The van der Waals surface area contributed by atoms with E-state index < -0.39 is 0 Å². The van der Waals surface area contributed by atoms with E-state index in [1.807, 2.05) is 60.2 Å². The van der Waals surface area contributed by atoms with Crippen LogP contribution < -0.4 is 5.32 Å². The van der Waals surface area contributed by atoms with Gasteiger partial charge in [0.25, 0.3) is 0 Å². The van der Waals surface area contributed by atoms with Gasteiger partial charge in [-0.1, -0.05) is 30.3 Å². The summed E-state index contributed by atoms with van der Waals surface area (Å²) in [4.78, 5) is 12.3. The largest absolute Gasteiger partial charge is 0.349 e. The van der Waals surface area contributed by atoms with Crippen LogP contribution in [0.5, 0.6) is 0 Å². The summed E-state index contributed by atoms with van der Waals surface area (Å²) in [7, 11) is 0. The van der Waals surface area contributed by atoms with E-state index in [4.69, 9.17) is 0 Å². The Balaban J connectivity index is 1.69. The summed E-state index contributed by atoms with van der Waals surface area (Å²) in [6.45, 7) is 1.96. The lowest BCUT2D eigenvalue weighted by Gasteiger charge is -2.15. The molecule has 122 valence electrons. The third-order valence-electron chi connectivity index (χ3n) is 3.96. The molecule has 0 fully saturated rings. The SMILES string of the molecule is C[C@H](NC(=O)Cc1cccn1-c1ccc(F)cc1)c1ccccc1. The molecule has 0 radical (unpaired) electrons. The highest BCUT2D eigenvalue weighted by Crippen LogP contribution is 2.15. The van der Waals surface area contributed by atoms with Crippen LogP contribution in [0.1, 0.15) is 24.2 Å². The average molecular weight is 322 g/mol. The first-order chi connectivity index (χ1) is 11.6. The van der Waals surface area contributed by atoms with Crippen molar-refractivity contribution in [3.05, 3.63) is 90.0 Å². The molecule has 0 aliphatic rings. The summed E-state index contributed by atoms with van der Waals surface area (Å²) in [5.41, 5.74) is 2.76. The van der Waals surface area contributed by atoms with Crippen LogP contribution in [-0.2, 0) is 11.2 Å². The molecule has 0 saturated heterocycles. The Kier molecular flexibility index (Phi) is 4.75. The van der Waals surface area contributed by atoms with Crippen LogP contribution in [0.15, 0.2) is 72.9 Å². The number of halogens is 1. The molecule has 0 unspecified atom stereocenters. The average Bonchev–Trinajstić information content (AvgIpc) is 3.04. The van der Waals surface area contributed by atoms with Crippen molar-refractivity contribution in [1.29, 1.82) is 0 Å². The molecule has 0 aliphatic carbocycles. The fourth-order valence-corrected chi connectivity index (χ4v) is 2.70. The van der Waals surface area contributed by atoms with Crippen molar-refractivity contribution in [3.8, 4) is 5.69 Å².